The van der Waals surface area contributed by atoms with Crippen LogP contribution >= 0.6 is 0 Å². The Bertz CT molecular complexity index is 609. The Morgan fingerprint density at radius 2 is 2.09 bits per heavy atom. The number of piperidine rings is 1. The maximum atomic E-state index is 11.9. The zero-order valence-electron chi connectivity index (χ0n) is 13.0. The van der Waals surface area contributed by atoms with E-state index in [1.54, 1.807) is 0 Å². The molecule has 0 radical (unpaired) electrons. The van der Waals surface area contributed by atoms with Gasteiger partial charge in [-0.1, -0.05) is 12.5 Å². The highest BCUT2D eigenvalue weighted by molar-refractivity contribution is 5.97. The van der Waals surface area contributed by atoms with E-state index in [9.17, 15) is 4.79 Å². The van der Waals surface area contributed by atoms with Crippen LogP contribution in [0.5, 0.6) is 5.75 Å². The second kappa shape index (κ2) is 6.85. The number of rotatable bonds is 3. The van der Waals surface area contributed by atoms with Gasteiger partial charge in [-0.3, -0.25) is 9.69 Å². The average Bonchev–Trinajstić information content (AvgIpc) is 2.56. The molecule has 116 valence electrons. The molecule has 4 heteroatoms. The van der Waals surface area contributed by atoms with E-state index in [0.717, 1.165) is 36.4 Å². The zero-order chi connectivity index (χ0) is 15.4. The molecular weight excluding hydrogens is 276 g/mol. The molecule has 1 aromatic rings. The zero-order valence-corrected chi connectivity index (χ0v) is 13.0. The first kappa shape index (κ1) is 14.9. The molecule has 1 amide bonds. The van der Waals surface area contributed by atoms with Crippen LogP contribution in [-0.2, 0) is 6.42 Å². The first-order chi connectivity index (χ1) is 10.8. The van der Waals surface area contributed by atoms with E-state index < -0.39 is 0 Å². The van der Waals surface area contributed by atoms with E-state index >= 15 is 0 Å². The van der Waals surface area contributed by atoms with Gasteiger partial charge in [0.05, 0.1) is 0 Å². The highest BCUT2D eigenvalue weighted by Gasteiger charge is 2.24. The number of fused-ring (bicyclic) bond motifs is 1. The molecule has 0 saturated carbocycles. The lowest BCUT2D eigenvalue weighted by molar-refractivity contribution is 0.0533. The second-order valence-corrected chi connectivity index (χ2v) is 5.75. The van der Waals surface area contributed by atoms with Gasteiger partial charge < -0.3 is 10.1 Å². The molecule has 0 spiro atoms. The topological polar surface area (TPSA) is 41.6 Å². The van der Waals surface area contributed by atoms with Gasteiger partial charge in [-0.25, -0.2) is 0 Å². The molecule has 1 aromatic carbocycles. The van der Waals surface area contributed by atoms with E-state index in [-0.39, 0.29) is 12.1 Å². The average molecular weight is 298 g/mol. The quantitative estimate of drug-likeness (QED) is 0.870. The molecular formula is C18H22N2O2. The largest absolute Gasteiger partial charge is 0.464 e. The van der Waals surface area contributed by atoms with Crippen molar-refractivity contribution >= 4 is 5.91 Å². The van der Waals surface area contributed by atoms with Crippen molar-refractivity contribution in [3.8, 4) is 17.6 Å². The van der Waals surface area contributed by atoms with Gasteiger partial charge >= 0.3 is 0 Å². The van der Waals surface area contributed by atoms with E-state index in [1.165, 1.54) is 19.3 Å². The summed E-state index contributed by atoms with van der Waals surface area (Å²) in [5.41, 5.74) is 1.73. The Morgan fingerprint density at radius 1 is 1.27 bits per heavy atom. The number of carbonyl (C=O) groups is 1. The summed E-state index contributed by atoms with van der Waals surface area (Å²) in [6.07, 6.45) is 4.26. The molecule has 1 fully saturated rings. The summed E-state index contributed by atoms with van der Waals surface area (Å²) in [5.74, 6) is 6.94. The SMILES string of the molecule is CC#CC(Oc1cccc2c1CCNC2=O)N1CCCCC1. The number of likely N-dealkylation sites (tertiary alicyclic amines) is 1. The Kier molecular flexibility index (Phi) is 4.65. The van der Waals surface area contributed by atoms with Crippen LogP contribution in [0.15, 0.2) is 18.2 Å². The number of hydrogen-bond donors (Lipinski definition) is 1. The van der Waals surface area contributed by atoms with Crippen LogP contribution in [0, 0.1) is 11.8 Å². The fourth-order valence-corrected chi connectivity index (χ4v) is 3.13. The van der Waals surface area contributed by atoms with E-state index in [2.05, 4.69) is 22.1 Å². The number of ether oxygens (including phenoxy) is 1. The van der Waals surface area contributed by atoms with Gasteiger partial charge in [-0.15, -0.1) is 5.92 Å². The van der Waals surface area contributed by atoms with Crippen LogP contribution in [-0.4, -0.2) is 36.7 Å². The van der Waals surface area contributed by atoms with Crippen molar-refractivity contribution in [2.45, 2.75) is 38.8 Å². The summed E-state index contributed by atoms with van der Waals surface area (Å²) >= 11 is 0. The van der Waals surface area contributed by atoms with Crippen molar-refractivity contribution in [3.63, 3.8) is 0 Å². The number of benzene rings is 1. The minimum atomic E-state index is -0.221. The van der Waals surface area contributed by atoms with Crippen molar-refractivity contribution < 1.29 is 9.53 Å². The summed E-state index contributed by atoms with van der Waals surface area (Å²) < 4.78 is 6.21. The Labute approximate surface area is 131 Å². The van der Waals surface area contributed by atoms with Crippen LogP contribution in [0.3, 0.4) is 0 Å². The summed E-state index contributed by atoms with van der Waals surface area (Å²) in [6.45, 7) is 4.55. The highest BCUT2D eigenvalue weighted by Crippen LogP contribution is 2.27. The van der Waals surface area contributed by atoms with Crippen LogP contribution in [0.1, 0.15) is 42.1 Å². The van der Waals surface area contributed by atoms with E-state index in [1.807, 2.05) is 25.1 Å². The summed E-state index contributed by atoms with van der Waals surface area (Å²) in [5, 5.41) is 2.87. The van der Waals surface area contributed by atoms with Gasteiger partial charge in [0.25, 0.3) is 5.91 Å². The predicted molar refractivity (Wildman–Crippen MR) is 85.8 cm³/mol. The Balaban J connectivity index is 1.85. The third-order valence-corrected chi connectivity index (χ3v) is 4.27. The third-order valence-electron chi connectivity index (χ3n) is 4.27. The molecule has 2 aliphatic heterocycles. The molecule has 22 heavy (non-hydrogen) atoms. The molecule has 3 rings (SSSR count). The normalized spacial score (nSPS) is 19.4. The lowest BCUT2D eigenvalue weighted by Crippen LogP contribution is -2.42. The first-order valence-corrected chi connectivity index (χ1v) is 8.02. The van der Waals surface area contributed by atoms with E-state index in [4.69, 9.17) is 4.74 Å². The Hall–Kier alpha value is -1.99. The van der Waals surface area contributed by atoms with Crippen molar-refractivity contribution in [3.05, 3.63) is 29.3 Å². The molecule has 2 aliphatic rings. The molecule has 1 saturated heterocycles. The van der Waals surface area contributed by atoms with Crippen LogP contribution in [0.4, 0.5) is 0 Å². The molecule has 2 heterocycles. The number of carbonyl (C=O) groups excluding carboxylic acids is 1. The molecule has 0 aliphatic carbocycles. The molecule has 0 bridgehead atoms. The van der Waals surface area contributed by atoms with Gasteiger partial charge in [0.2, 0.25) is 6.23 Å². The molecule has 4 nitrogen and oxygen atoms in total. The number of nitrogens with one attached hydrogen (secondary N) is 1. The molecule has 1 N–H and O–H groups in total. The van der Waals surface area contributed by atoms with Gasteiger partial charge in [0.15, 0.2) is 0 Å². The van der Waals surface area contributed by atoms with Crippen molar-refractivity contribution in [2.24, 2.45) is 0 Å². The summed E-state index contributed by atoms with van der Waals surface area (Å²) in [6, 6.07) is 5.69. The summed E-state index contributed by atoms with van der Waals surface area (Å²) in [4.78, 5) is 14.2. The van der Waals surface area contributed by atoms with Gasteiger partial charge in [0.1, 0.15) is 5.75 Å². The van der Waals surface area contributed by atoms with Crippen molar-refractivity contribution in [1.82, 2.24) is 10.2 Å². The predicted octanol–water partition coefficient (Wildman–Crippen LogP) is 2.19. The van der Waals surface area contributed by atoms with Gasteiger partial charge in [-0.2, -0.15) is 0 Å². The van der Waals surface area contributed by atoms with Crippen LogP contribution in [0.25, 0.3) is 0 Å². The van der Waals surface area contributed by atoms with E-state index in [0.29, 0.717) is 6.54 Å². The van der Waals surface area contributed by atoms with Crippen LogP contribution < -0.4 is 10.1 Å². The molecule has 1 atom stereocenters. The smallest absolute Gasteiger partial charge is 0.251 e. The second-order valence-electron chi connectivity index (χ2n) is 5.75. The lowest BCUT2D eigenvalue weighted by Gasteiger charge is -2.32. The number of hydrogen-bond acceptors (Lipinski definition) is 3. The maximum Gasteiger partial charge on any atom is 0.251 e. The fraction of sp³-hybridized carbons (Fsp3) is 0.500. The van der Waals surface area contributed by atoms with Crippen molar-refractivity contribution in [2.75, 3.05) is 19.6 Å². The summed E-state index contributed by atoms with van der Waals surface area (Å²) in [7, 11) is 0. The fourth-order valence-electron chi connectivity index (χ4n) is 3.13. The minimum absolute atomic E-state index is 0.0113. The minimum Gasteiger partial charge on any atom is -0.464 e. The number of nitrogens with zero attached hydrogens (tertiary/aromatic N) is 1. The monoisotopic (exact) mass is 298 g/mol. The Morgan fingerprint density at radius 3 is 2.86 bits per heavy atom. The maximum absolute atomic E-state index is 11.9. The molecule has 0 aromatic heterocycles. The first-order valence-electron chi connectivity index (χ1n) is 8.02. The number of amides is 1. The van der Waals surface area contributed by atoms with Gasteiger partial charge in [-0.05, 0) is 44.2 Å². The van der Waals surface area contributed by atoms with Crippen molar-refractivity contribution in [1.29, 1.82) is 0 Å². The van der Waals surface area contributed by atoms with Crippen LogP contribution in [0.2, 0.25) is 0 Å². The van der Waals surface area contributed by atoms with Gasteiger partial charge in [0, 0.05) is 30.8 Å². The standard InChI is InChI=1S/C18H22N2O2/c1-2-7-17(20-12-4-3-5-13-20)22-16-9-6-8-15-14(16)10-11-19-18(15)21/h6,8-9,17H,3-5,10-13H2,1H3,(H,19,21). The molecule has 1 unspecified atom stereocenters. The third kappa shape index (κ3) is 3.10. The highest BCUT2D eigenvalue weighted by atomic mass is 16.5. The lowest BCUT2D eigenvalue weighted by atomic mass is 9.99.